The summed E-state index contributed by atoms with van der Waals surface area (Å²) in [6.07, 6.45) is 64.9. The summed E-state index contributed by atoms with van der Waals surface area (Å²) in [6.45, 7) is 6.21. The van der Waals surface area contributed by atoms with Gasteiger partial charge in [-0.2, -0.15) is 0 Å². The highest BCUT2D eigenvalue weighted by Gasteiger charge is 2.19. The van der Waals surface area contributed by atoms with E-state index in [0.29, 0.717) is 6.42 Å². The molecule has 0 N–H and O–H groups in total. The van der Waals surface area contributed by atoms with Crippen molar-refractivity contribution in [2.75, 3.05) is 13.2 Å². The van der Waals surface area contributed by atoms with Crippen LogP contribution < -0.4 is 0 Å². The Kier molecular flexibility index (Phi) is 44.2. The summed E-state index contributed by atoms with van der Waals surface area (Å²) in [7, 11) is 0. The lowest BCUT2D eigenvalue weighted by atomic mass is 10.1. The van der Waals surface area contributed by atoms with Gasteiger partial charge in [0, 0.05) is 12.8 Å². The Balaban J connectivity index is 4.61. The third-order valence-electron chi connectivity index (χ3n) is 9.21. The fourth-order valence-electron chi connectivity index (χ4n) is 5.72. The van der Waals surface area contributed by atoms with Crippen LogP contribution in [0.1, 0.15) is 181 Å². The summed E-state index contributed by atoms with van der Waals surface area (Å²) in [5.74, 6) is -1.12. The molecule has 0 saturated heterocycles. The molecule has 336 valence electrons. The summed E-state index contributed by atoms with van der Waals surface area (Å²) >= 11 is 0. The molecular formula is C54H84O6. The van der Waals surface area contributed by atoms with E-state index in [-0.39, 0.29) is 38.0 Å². The number of hydrogen-bond acceptors (Lipinski definition) is 6. The van der Waals surface area contributed by atoms with E-state index in [1.165, 1.54) is 19.3 Å². The molecule has 0 aliphatic rings. The number of carbonyl (C=O) groups is 3. The summed E-state index contributed by atoms with van der Waals surface area (Å²) in [5.41, 5.74) is 0. The van der Waals surface area contributed by atoms with Crippen molar-refractivity contribution in [3.05, 3.63) is 122 Å². The molecule has 0 spiro atoms. The zero-order valence-electron chi connectivity index (χ0n) is 38.2. The summed E-state index contributed by atoms with van der Waals surface area (Å²) in [6, 6.07) is 0. The van der Waals surface area contributed by atoms with Crippen molar-refractivity contribution in [2.24, 2.45) is 0 Å². The topological polar surface area (TPSA) is 78.9 Å². The predicted octanol–water partition coefficient (Wildman–Crippen LogP) is 15.4. The zero-order valence-corrected chi connectivity index (χ0v) is 38.2. The van der Waals surface area contributed by atoms with Crippen molar-refractivity contribution in [1.82, 2.24) is 0 Å². The van der Waals surface area contributed by atoms with Gasteiger partial charge in [0.1, 0.15) is 13.2 Å². The van der Waals surface area contributed by atoms with Crippen LogP contribution in [0.15, 0.2) is 122 Å². The largest absolute Gasteiger partial charge is 0.462 e. The normalized spacial score (nSPS) is 13.2. The van der Waals surface area contributed by atoms with Crippen molar-refractivity contribution in [3.8, 4) is 0 Å². The maximum Gasteiger partial charge on any atom is 0.309 e. The molecule has 0 saturated carbocycles. The van der Waals surface area contributed by atoms with Crippen LogP contribution in [0, 0.1) is 0 Å². The van der Waals surface area contributed by atoms with Gasteiger partial charge in [-0.05, 0) is 103 Å². The Hall–Kier alpha value is -4.19. The van der Waals surface area contributed by atoms with Gasteiger partial charge in [0.2, 0.25) is 0 Å². The van der Waals surface area contributed by atoms with Gasteiger partial charge < -0.3 is 14.2 Å². The minimum Gasteiger partial charge on any atom is -0.462 e. The van der Waals surface area contributed by atoms with Gasteiger partial charge >= 0.3 is 17.9 Å². The second-order valence-corrected chi connectivity index (χ2v) is 14.9. The van der Waals surface area contributed by atoms with Crippen LogP contribution in [0.25, 0.3) is 0 Å². The molecule has 0 amide bonds. The fraction of sp³-hybridized carbons (Fsp3) is 0.574. The first-order valence-electron chi connectivity index (χ1n) is 23.5. The van der Waals surface area contributed by atoms with Gasteiger partial charge in [-0.15, -0.1) is 0 Å². The first kappa shape index (κ1) is 55.8. The van der Waals surface area contributed by atoms with Crippen molar-refractivity contribution in [2.45, 2.75) is 187 Å². The number of rotatable bonds is 40. The molecule has 60 heavy (non-hydrogen) atoms. The van der Waals surface area contributed by atoms with Gasteiger partial charge in [0.05, 0.1) is 6.42 Å². The Labute approximate surface area is 367 Å². The third-order valence-corrected chi connectivity index (χ3v) is 9.21. The lowest BCUT2D eigenvalue weighted by Crippen LogP contribution is -2.30. The molecule has 6 heteroatoms. The molecule has 0 aromatic rings. The van der Waals surface area contributed by atoms with Gasteiger partial charge in [-0.25, -0.2) is 0 Å². The van der Waals surface area contributed by atoms with E-state index >= 15 is 0 Å². The van der Waals surface area contributed by atoms with Crippen LogP contribution in [-0.4, -0.2) is 37.2 Å². The van der Waals surface area contributed by atoms with Gasteiger partial charge in [0.25, 0.3) is 0 Å². The molecule has 1 atom stereocenters. The minimum absolute atomic E-state index is 0.113. The third kappa shape index (κ3) is 44.9. The first-order chi connectivity index (χ1) is 29.5. The van der Waals surface area contributed by atoms with Gasteiger partial charge in [-0.3, -0.25) is 14.4 Å². The lowest BCUT2D eigenvalue weighted by molar-refractivity contribution is -0.166. The van der Waals surface area contributed by atoms with Crippen LogP contribution in [0.3, 0.4) is 0 Å². The van der Waals surface area contributed by atoms with E-state index in [4.69, 9.17) is 14.2 Å². The monoisotopic (exact) mass is 829 g/mol. The van der Waals surface area contributed by atoms with E-state index in [1.807, 2.05) is 6.08 Å². The second-order valence-electron chi connectivity index (χ2n) is 14.9. The van der Waals surface area contributed by atoms with Crippen LogP contribution in [0.5, 0.6) is 0 Å². The van der Waals surface area contributed by atoms with Crippen LogP contribution >= 0.6 is 0 Å². The molecule has 0 fully saturated rings. The molecule has 0 aromatic heterocycles. The average molecular weight is 829 g/mol. The first-order valence-corrected chi connectivity index (χ1v) is 23.5. The molecular weight excluding hydrogens is 745 g/mol. The molecule has 0 rings (SSSR count). The fourth-order valence-corrected chi connectivity index (χ4v) is 5.72. The second kappa shape index (κ2) is 47.5. The van der Waals surface area contributed by atoms with E-state index in [1.54, 1.807) is 6.08 Å². The zero-order chi connectivity index (χ0) is 43.7. The number of ether oxygens (including phenoxy) is 3. The highest BCUT2D eigenvalue weighted by Crippen LogP contribution is 2.11. The van der Waals surface area contributed by atoms with Crippen molar-refractivity contribution < 1.29 is 28.6 Å². The lowest BCUT2D eigenvalue weighted by Gasteiger charge is -2.18. The molecule has 0 radical (unpaired) electrons. The Morgan fingerprint density at radius 1 is 0.367 bits per heavy atom. The van der Waals surface area contributed by atoms with Crippen molar-refractivity contribution in [3.63, 3.8) is 0 Å². The van der Waals surface area contributed by atoms with E-state index < -0.39 is 12.1 Å². The quantitative estimate of drug-likeness (QED) is 0.0265. The Morgan fingerprint density at radius 2 is 0.717 bits per heavy atom. The summed E-state index contributed by atoms with van der Waals surface area (Å²) in [4.78, 5) is 37.8. The number of hydrogen-bond donors (Lipinski definition) is 0. The van der Waals surface area contributed by atoms with Crippen LogP contribution in [-0.2, 0) is 28.6 Å². The summed E-state index contributed by atoms with van der Waals surface area (Å²) < 4.78 is 16.6. The molecule has 6 nitrogen and oxygen atoms in total. The van der Waals surface area contributed by atoms with E-state index in [9.17, 15) is 14.4 Å². The smallest absolute Gasteiger partial charge is 0.309 e. The number of esters is 3. The molecule has 0 aliphatic carbocycles. The number of carbonyl (C=O) groups excluding carboxylic acids is 3. The Bertz CT molecular complexity index is 1320. The highest BCUT2D eigenvalue weighted by molar-refractivity contribution is 5.72. The molecule has 1 unspecified atom stereocenters. The van der Waals surface area contributed by atoms with Crippen molar-refractivity contribution >= 4 is 17.9 Å². The van der Waals surface area contributed by atoms with Gasteiger partial charge in [0.15, 0.2) is 6.10 Å². The highest BCUT2D eigenvalue weighted by atomic mass is 16.6. The molecule has 0 bridgehead atoms. The van der Waals surface area contributed by atoms with Crippen LogP contribution in [0.4, 0.5) is 0 Å². The standard InChI is InChI=1S/C54H84O6/c1-4-7-10-13-16-19-22-25-27-30-32-35-38-41-44-47-53(56)59-50-51(49-58-52(55)46-43-40-37-34-31-28-24-21-18-15-12-9-6-3)60-54(57)48-45-42-39-36-33-29-26-23-20-17-14-11-8-5-2/h7,9-10,12,14,16-19,21,23,25-28,31-32,35,41,44,51H,4-6,8,11,13,15,20,22,24,29-30,33-34,36-40,42-43,45-50H2,1-3H3/b10-7-,12-9-,17-14-,19-16-,21-18-,26-23-,27-25-,31-28-,35-32-,44-41-. The number of unbranched alkanes of at least 4 members (excludes halogenated alkanes) is 10. The van der Waals surface area contributed by atoms with Gasteiger partial charge in [-0.1, -0.05) is 181 Å². The molecule has 0 heterocycles. The maximum atomic E-state index is 12.7. The van der Waals surface area contributed by atoms with E-state index in [2.05, 4.69) is 130 Å². The average Bonchev–Trinajstić information content (AvgIpc) is 3.24. The maximum absolute atomic E-state index is 12.7. The minimum atomic E-state index is -0.839. The van der Waals surface area contributed by atoms with Crippen LogP contribution in [0.2, 0.25) is 0 Å². The summed E-state index contributed by atoms with van der Waals surface area (Å²) in [5, 5.41) is 0. The predicted molar refractivity (Wildman–Crippen MR) is 256 cm³/mol. The Morgan fingerprint density at radius 3 is 1.18 bits per heavy atom. The molecule has 0 aliphatic heterocycles. The SMILES string of the molecule is CC/C=C\C/C=C\C/C=C\C/C=C\C/C=C\CC(=O)OCC(COC(=O)CCCCC/C=C\C/C=C\C/C=C\CC)OC(=O)CCCCCCC/C=C\C/C=C\CCCC. The number of allylic oxidation sites excluding steroid dienone is 19. The molecule has 0 aromatic carbocycles. The van der Waals surface area contributed by atoms with E-state index in [0.717, 1.165) is 122 Å². The van der Waals surface area contributed by atoms with Crippen molar-refractivity contribution in [1.29, 1.82) is 0 Å².